The second-order valence-electron chi connectivity index (χ2n) is 6.97. The topological polar surface area (TPSA) is 46.3 Å². The molecule has 0 bridgehead atoms. The average molecular weight is 274 g/mol. The van der Waals surface area contributed by atoms with Crippen molar-refractivity contribution in [2.24, 2.45) is 16.7 Å². The van der Waals surface area contributed by atoms with Gasteiger partial charge in [0.05, 0.1) is 0 Å². The number of benzene rings is 1. The average Bonchev–Trinajstić information content (AvgIpc) is 2.76. The van der Waals surface area contributed by atoms with Gasteiger partial charge in [0.15, 0.2) is 0 Å². The van der Waals surface area contributed by atoms with Crippen LogP contribution in [0.3, 0.4) is 0 Å². The van der Waals surface area contributed by atoms with Gasteiger partial charge >= 0.3 is 0 Å². The molecule has 1 aliphatic carbocycles. The summed E-state index contributed by atoms with van der Waals surface area (Å²) < 4.78 is 0. The van der Waals surface area contributed by atoms with E-state index in [1.165, 1.54) is 0 Å². The summed E-state index contributed by atoms with van der Waals surface area (Å²) in [4.78, 5) is 14.7. The molecule has 1 amide bonds. The molecule has 0 atom stereocenters. The normalized spacial score (nSPS) is 19.6. The highest BCUT2D eigenvalue weighted by molar-refractivity contribution is 5.84. The molecular weight excluding hydrogens is 248 g/mol. The van der Waals surface area contributed by atoms with E-state index in [1.54, 1.807) is 0 Å². The van der Waals surface area contributed by atoms with E-state index in [1.807, 2.05) is 36.1 Å². The Kier molecular flexibility index (Phi) is 3.57. The van der Waals surface area contributed by atoms with Gasteiger partial charge in [-0.1, -0.05) is 39.8 Å². The lowest BCUT2D eigenvalue weighted by Crippen LogP contribution is -2.33. The van der Waals surface area contributed by atoms with E-state index < -0.39 is 0 Å². The first kappa shape index (κ1) is 14.9. The molecule has 3 heteroatoms. The zero-order valence-electron chi connectivity index (χ0n) is 13.2. The quantitative estimate of drug-likeness (QED) is 0.856. The summed E-state index contributed by atoms with van der Waals surface area (Å²) in [6.07, 6.45) is 0. The van der Waals surface area contributed by atoms with Crippen LogP contribution in [0.2, 0.25) is 0 Å². The Morgan fingerprint density at radius 1 is 1.25 bits per heavy atom. The van der Waals surface area contributed by atoms with Crippen molar-refractivity contribution in [3.63, 3.8) is 0 Å². The number of rotatable bonds is 4. The maximum atomic E-state index is 12.8. The fraction of sp³-hybridized carbons (Fsp3) is 0.588. The van der Waals surface area contributed by atoms with Gasteiger partial charge in [0, 0.05) is 24.7 Å². The molecule has 1 fully saturated rings. The predicted octanol–water partition coefficient (Wildman–Crippen LogP) is 3.30. The third-order valence-corrected chi connectivity index (χ3v) is 5.29. The first-order chi connectivity index (χ1) is 9.21. The van der Waals surface area contributed by atoms with Gasteiger partial charge in [-0.25, -0.2) is 0 Å². The van der Waals surface area contributed by atoms with Gasteiger partial charge in [-0.05, 0) is 35.4 Å². The van der Waals surface area contributed by atoms with Crippen LogP contribution in [-0.4, -0.2) is 17.4 Å². The standard InChI is InChI=1S/C17H26N2O/c1-6-19(11-12-8-7-9-13(18)10-12)15(20)14-16(2,3)17(14,4)5/h7-10,14H,6,11,18H2,1-5H3. The van der Waals surface area contributed by atoms with Crippen LogP contribution >= 0.6 is 0 Å². The van der Waals surface area contributed by atoms with Crippen LogP contribution in [0.25, 0.3) is 0 Å². The minimum Gasteiger partial charge on any atom is -0.399 e. The third kappa shape index (κ3) is 2.30. The molecule has 110 valence electrons. The van der Waals surface area contributed by atoms with Crippen LogP contribution in [-0.2, 0) is 11.3 Å². The SMILES string of the molecule is CCN(Cc1cccc(N)c1)C(=O)C1C(C)(C)C1(C)C. The van der Waals surface area contributed by atoms with Gasteiger partial charge in [-0.15, -0.1) is 0 Å². The second kappa shape index (κ2) is 4.80. The minimum atomic E-state index is 0.0905. The Balaban J connectivity index is 2.12. The van der Waals surface area contributed by atoms with Gasteiger partial charge in [-0.2, -0.15) is 0 Å². The van der Waals surface area contributed by atoms with Gasteiger partial charge in [-0.3, -0.25) is 4.79 Å². The molecule has 0 unspecified atom stereocenters. The molecule has 0 spiro atoms. The predicted molar refractivity (Wildman–Crippen MR) is 83.0 cm³/mol. The smallest absolute Gasteiger partial charge is 0.227 e. The van der Waals surface area contributed by atoms with Gasteiger partial charge in [0.2, 0.25) is 5.91 Å². The molecule has 1 aliphatic rings. The van der Waals surface area contributed by atoms with Crippen molar-refractivity contribution < 1.29 is 4.79 Å². The number of carbonyl (C=O) groups is 1. The molecule has 0 aromatic heterocycles. The summed E-state index contributed by atoms with van der Waals surface area (Å²) >= 11 is 0. The third-order valence-electron chi connectivity index (χ3n) is 5.29. The number of nitrogen functional groups attached to an aromatic ring is 1. The van der Waals surface area contributed by atoms with Crippen molar-refractivity contribution in [1.29, 1.82) is 0 Å². The van der Waals surface area contributed by atoms with Crippen molar-refractivity contribution in [1.82, 2.24) is 4.90 Å². The summed E-state index contributed by atoms with van der Waals surface area (Å²) in [5.41, 5.74) is 7.83. The fourth-order valence-corrected chi connectivity index (χ4v) is 3.25. The van der Waals surface area contributed by atoms with Gasteiger partial charge in [0.1, 0.15) is 0 Å². The van der Waals surface area contributed by atoms with E-state index in [4.69, 9.17) is 5.73 Å². The lowest BCUT2D eigenvalue weighted by Gasteiger charge is -2.22. The highest BCUT2D eigenvalue weighted by Gasteiger charge is 2.68. The van der Waals surface area contributed by atoms with E-state index in [9.17, 15) is 4.79 Å². The summed E-state index contributed by atoms with van der Waals surface area (Å²) in [6.45, 7) is 12.1. The molecule has 0 heterocycles. The maximum Gasteiger partial charge on any atom is 0.227 e. The highest BCUT2D eigenvalue weighted by atomic mass is 16.2. The molecule has 1 aromatic carbocycles. The molecule has 0 aliphatic heterocycles. The van der Waals surface area contributed by atoms with E-state index >= 15 is 0 Å². The molecule has 0 radical (unpaired) electrons. The number of carbonyl (C=O) groups excluding carboxylic acids is 1. The lowest BCUT2D eigenvalue weighted by atomic mass is 10.0. The number of hydrogen-bond donors (Lipinski definition) is 1. The Labute approximate surface area is 122 Å². The lowest BCUT2D eigenvalue weighted by molar-refractivity contribution is -0.134. The Morgan fingerprint density at radius 2 is 1.85 bits per heavy atom. The zero-order chi connectivity index (χ0) is 15.1. The molecule has 1 aromatic rings. The van der Waals surface area contributed by atoms with Crippen LogP contribution in [0.15, 0.2) is 24.3 Å². The molecule has 2 rings (SSSR count). The fourth-order valence-electron chi connectivity index (χ4n) is 3.25. The van der Waals surface area contributed by atoms with Crippen molar-refractivity contribution >= 4 is 11.6 Å². The van der Waals surface area contributed by atoms with Crippen molar-refractivity contribution in [2.45, 2.75) is 41.2 Å². The van der Waals surface area contributed by atoms with Gasteiger partial charge < -0.3 is 10.6 Å². The van der Waals surface area contributed by atoms with Crippen molar-refractivity contribution in [2.75, 3.05) is 12.3 Å². The molecule has 2 N–H and O–H groups in total. The van der Waals surface area contributed by atoms with E-state index in [0.29, 0.717) is 6.54 Å². The van der Waals surface area contributed by atoms with E-state index in [2.05, 4.69) is 27.7 Å². The molecule has 3 nitrogen and oxygen atoms in total. The Morgan fingerprint density at radius 3 is 2.30 bits per heavy atom. The van der Waals surface area contributed by atoms with Crippen LogP contribution < -0.4 is 5.73 Å². The molecule has 0 saturated heterocycles. The first-order valence-corrected chi connectivity index (χ1v) is 7.35. The van der Waals surface area contributed by atoms with Crippen LogP contribution in [0.1, 0.15) is 40.2 Å². The van der Waals surface area contributed by atoms with Crippen LogP contribution in [0.4, 0.5) is 5.69 Å². The first-order valence-electron chi connectivity index (χ1n) is 7.35. The molecule has 1 saturated carbocycles. The Bertz CT molecular complexity index is 505. The van der Waals surface area contributed by atoms with E-state index in [0.717, 1.165) is 17.8 Å². The number of nitrogens with two attached hydrogens (primary N) is 1. The summed E-state index contributed by atoms with van der Waals surface area (Å²) in [6, 6.07) is 7.78. The minimum absolute atomic E-state index is 0.0905. The largest absolute Gasteiger partial charge is 0.399 e. The zero-order valence-corrected chi connectivity index (χ0v) is 13.2. The molecule has 20 heavy (non-hydrogen) atoms. The maximum absolute atomic E-state index is 12.8. The summed E-state index contributed by atoms with van der Waals surface area (Å²) in [5.74, 6) is 0.390. The monoisotopic (exact) mass is 274 g/mol. The van der Waals surface area contributed by atoms with Crippen molar-refractivity contribution in [3.8, 4) is 0 Å². The number of anilines is 1. The highest BCUT2D eigenvalue weighted by Crippen LogP contribution is 2.68. The summed E-state index contributed by atoms with van der Waals surface area (Å²) in [7, 11) is 0. The van der Waals surface area contributed by atoms with Crippen LogP contribution in [0, 0.1) is 16.7 Å². The number of hydrogen-bond acceptors (Lipinski definition) is 2. The second-order valence-corrected chi connectivity index (χ2v) is 6.97. The van der Waals surface area contributed by atoms with Crippen LogP contribution in [0.5, 0.6) is 0 Å². The molecular formula is C17H26N2O. The number of nitrogens with zero attached hydrogens (tertiary/aromatic N) is 1. The number of amides is 1. The Hall–Kier alpha value is -1.51. The van der Waals surface area contributed by atoms with Gasteiger partial charge in [0.25, 0.3) is 0 Å². The summed E-state index contributed by atoms with van der Waals surface area (Å²) in [5, 5.41) is 0. The van der Waals surface area contributed by atoms with Crippen molar-refractivity contribution in [3.05, 3.63) is 29.8 Å². The van der Waals surface area contributed by atoms with E-state index in [-0.39, 0.29) is 22.7 Å².